The van der Waals surface area contributed by atoms with Crippen molar-refractivity contribution in [3.8, 4) is 6.07 Å². The Labute approximate surface area is 113 Å². The Hall–Kier alpha value is -2.15. The largest absolute Gasteiger partial charge is 0.394 e. The Balaban J connectivity index is 2.07. The van der Waals surface area contributed by atoms with Gasteiger partial charge in [0.1, 0.15) is 0 Å². The van der Waals surface area contributed by atoms with Crippen LogP contribution in [0.25, 0.3) is 0 Å². The van der Waals surface area contributed by atoms with Gasteiger partial charge in [0.25, 0.3) is 0 Å². The van der Waals surface area contributed by atoms with Gasteiger partial charge in [-0.3, -0.25) is 0 Å². The first kappa shape index (κ1) is 13.3. The average molecular weight is 252 g/mol. The monoisotopic (exact) mass is 252 g/mol. The van der Waals surface area contributed by atoms with Crippen LogP contribution in [0.1, 0.15) is 22.7 Å². The van der Waals surface area contributed by atoms with Crippen molar-refractivity contribution in [1.29, 1.82) is 5.26 Å². The summed E-state index contributed by atoms with van der Waals surface area (Å²) < 4.78 is 0. The van der Waals surface area contributed by atoms with Gasteiger partial charge >= 0.3 is 0 Å². The van der Waals surface area contributed by atoms with E-state index in [9.17, 15) is 5.11 Å². The third kappa shape index (κ3) is 3.41. The number of aliphatic hydroxyl groups is 1. The van der Waals surface area contributed by atoms with Crippen LogP contribution >= 0.6 is 0 Å². The highest BCUT2D eigenvalue weighted by atomic mass is 16.3. The molecule has 3 nitrogen and oxygen atoms in total. The van der Waals surface area contributed by atoms with Crippen LogP contribution in [0.4, 0.5) is 0 Å². The summed E-state index contributed by atoms with van der Waals surface area (Å²) >= 11 is 0. The number of rotatable bonds is 5. The fourth-order valence-electron chi connectivity index (χ4n) is 1.99. The van der Waals surface area contributed by atoms with E-state index in [1.165, 1.54) is 0 Å². The fourth-order valence-corrected chi connectivity index (χ4v) is 1.99. The maximum Gasteiger partial charge on any atom is 0.0995 e. The number of nitrogens with zero attached hydrogens (tertiary/aromatic N) is 1. The van der Waals surface area contributed by atoms with Gasteiger partial charge in [-0.05, 0) is 17.2 Å². The minimum atomic E-state index is -0.118. The number of nitrogens with one attached hydrogen (secondary N) is 1. The minimum absolute atomic E-state index is 0.0265. The van der Waals surface area contributed by atoms with Gasteiger partial charge in [0, 0.05) is 6.54 Å². The number of hydrogen-bond acceptors (Lipinski definition) is 3. The zero-order valence-corrected chi connectivity index (χ0v) is 10.6. The molecule has 0 spiro atoms. The lowest BCUT2D eigenvalue weighted by molar-refractivity contribution is 0.243. The van der Waals surface area contributed by atoms with Crippen molar-refractivity contribution in [3.63, 3.8) is 0 Å². The van der Waals surface area contributed by atoms with E-state index in [4.69, 9.17) is 5.26 Å². The molecule has 2 aromatic rings. The molecule has 0 amide bonds. The maximum atomic E-state index is 9.46. The van der Waals surface area contributed by atoms with Gasteiger partial charge in [-0.2, -0.15) is 5.26 Å². The number of nitriles is 1. The van der Waals surface area contributed by atoms with Gasteiger partial charge in [-0.1, -0.05) is 48.5 Å². The molecule has 0 radical (unpaired) electrons. The Morgan fingerprint density at radius 1 is 1.05 bits per heavy atom. The number of hydrogen-bond donors (Lipinski definition) is 2. The van der Waals surface area contributed by atoms with Crippen molar-refractivity contribution in [1.82, 2.24) is 5.32 Å². The Morgan fingerprint density at radius 3 is 2.42 bits per heavy atom. The molecular formula is C16H16N2O. The molecule has 96 valence electrons. The Bertz CT molecular complexity index is 560. The molecule has 2 aromatic carbocycles. The summed E-state index contributed by atoms with van der Waals surface area (Å²) in [6.45, 7) is 0.586. The predicted octanol–water partition coefficient (Wildman–Crippen LogP) is 2.38. The van der Waals surface area contributed by atoms with Gasteiger partial charge in [0.15, 0.2) is 0 Å². The highest BCUT2D eigenvalue weighted by molar-refractivity contribution is 5.37. The molecule has 0 bridgehead atoms. The summed E-state index contributed by atoms with van der Waals surface area (Å²) in [5, 5.41) is 21.8. The van der Waals surface area contributed by atoms with Gasteiger partial charge < -0.3 is 10.4 Å². The van der Waals surface area contributed by atoms with Crippen LogP contribution in [0.5, 0.6) is 0 Å². The quantitative estimate of drug-likeness (QED) is 0.859. The standard InChI is InChI=1S/C16H16N2O/c17-10-14-8-4-5-9-15(14)11-18-16(12-19)13-6-2-1-3-7-13/h1-9,16,18-19H,11-12H2. The van der Waals surface area contributed by atoms with Crippen molar-refractivity contribution in [3.05, 3.63) is 71.3 Å². The van der Waals surface area contributed by atoms with Gasteiger partial charge in [-0.25, -0.2) is 0 Å². The highest BCUT2D eigenvalue weighted by Gasteiger charge is 2.10. The van der Waals surface area contributed by atoms with E-state index in [0.717, 1.165) is 11.1 Å². The molecular weight excluding hydrogens is 236 g/mol. The first-order valence-corrected chi connectivity index (χ1v) is 6.22. The van der Waals surface area contributed by atoms with E-state index >= 15 is 0 Å². The molecule has 0 aliphatic heterocycles. The van der Waals surface area contributed by atoms with E-state index in [2.05, 4.69) is 11.4 Å². The molecule has 0 aromatic heterocycles. The molecule has 1 atom stereocenters. The van der Waals surface area contributed by atoms with Crippen LogP contribution in [0.2, 0.25) is 0 Å². The van der Waals surface area contributed by atoms with Crippen LogP contribution in [0, 0.1) is 11.3 Å². The topological polar surface area (TPSA) is 56.0 Å². The smallest absolute Gasteiger partial charge is 0.0995 e. The molecule has 0 heterocycles. The van der Waals surface area contributed by atoms with E-state index in [1.807, 2.05) is 48.5 Å². The van der Waals surface area contributed by atoms with Gasteiger partial charge in [-0.15, -0.1) is 0 Å². The second-order valence-corrected chi connectivity index (χ2v) is 4.30. The summed E-state index contributed by atoms with van der Waals surface area (Å²) in [4.78, 5) is 0. The molecule has 0 saturated carbocycles. The minimum Gasteiger partial charge on any atom is -0.394 e. The van der Waals surface area contributed by atoms with Gasteiger partial charge in [0.05, 0.1) is 24.3 Å². The molecule has 0 aliphatic rings. The fraction of sp³-hybridized carbons (Fsp3) is 0.188. The molecule has 19 heavy (non-hydrogen) atoms. The van der Waals surface area contributed by atoms with Crippen molar-refractivity contribution < 1.29 is 5.11 Å². The first-order chi connectivity index (χ1) is 9.35. The summed E-state index contributed by atoms with van der Waals surface area (Å²) in [7, 11) is 0. The van der Waals surface area contributed by atoms with Crippen LogP contribution in [-0.4, -0.2) is 11.7 Å². The summed E-state index contributed by atoms with van der Waals surface area (Å²) in [6, 6.07) is 19.3. The SMILES string of the molecule is N#Cc1ccccc1CNC(CO)c1ccccc1. The molecule has 0 fully saturated rings. The second kappa shape index (κ2) is 6.69. The van der Waals surface area contributed by atoms with Crippen LogP contribution in [0.15, 0.2) is 54.6 Å². The van der Waals surface area contributed by atoms with E-state index < -0.39 is 0 Å². The van der Waals surface area contributed by atoms with Crippen LogP contribution < -0.4 is 5.32 Å². The number of benzene rings is 2. The Kier molecular flexibility index (Phi) is 4.68. The van der Waals surface area contributed by atoms with Crippen molar-refractivity contribution in [2.45, 2.75) is 12.6 Å². The average Bonchev–Trinajstić information content (AvgIpc) is 2.49. The van der Waals surface area contributed by atoms with Crippen molar-refractivity contribution in [2.75, 3.05) is 6.61 Å². The summed E-state index contributed by atoms with van der Waals surface area (Å²) in [6.07, 6.45) is 0. The predicted molar refractivity (Wildman–Crippen MR) is 74.3 cm³/mol. The third-order valence-electron chi connectivity index (χ3n) is 3.06. The molecule has 2 N–H and O–H groups in total. The zero-order valence-electron chi connectivity index (χ0n) is 10.6. The maximum absolute atomic E-state index is 9.46. The first-order valence-electron chi connectivity index (χ1n) is 6.22. The molecule has 0 saturated heterocycles. The van der Waals surface area contributed by atoms with E-state index in [1.54, 1.807) is 6.07 Å². The zero-order chi connectivity index (χ0) is 13.5. The lowest BCUT2D eigenvalue weighted by Gasteiger charge is -2.17. The van der Waals surface area contributed by atoms with E-state index in [-0.39, 0.29) is 12.6 Å². The second-order valence-electron chi connectivity index (χ2n) is 4.30. The molecule has 0 aliphatic carbocycles. The van der Waals surface area contributed by atoms with Crippen molar-refractivity contribution >= 4 is 0 Å². The number of aliphatic hydroxyl groups excluding tert-OH is 1. The molecule has 1 unspecified atom stereocenters. The molecule has 2 rings (SSSR count). The summed E-state index contributed by atoms with van der Waals surface area (Å²) in [5.74, 6) is 0. The van der Waals surface area contributed by atoms with Gasteiger partial charge in [0.2, 0.25) is 0 Å². The highest BCUT2D eigenvalue weighted by Crippen LogP contribution is 2.14. The lowest BCUT2D eigenvalue weighted by atomic mass is 10.1. The van der Waals surface area contributed by atoms with E-state index in [0.29, 0.717) is 12.1 Å². The third-order valence-corrected chi connectivity index (χ3v) is 3.06. The van der Waals surface area contributed by atoms with Crippen LogP contribution in [-0.2, 0) is 6.54 Å². The normalized spacial score (nSPS) is 11.8. The van der Waals surface area contributed by atoms with Crippen LogP contribution in [0.3, 0.4) is 0 Å². The van der Waals surface area contributed by atoms with Crippen molar-refractivity contribution in [2.24, 2.45) is 0 Å². The summed E-state index contributed by atoms with van der Waals surface area (Å²) in [5.41, 5.74) is 2.65. The Morgan fingerprint density at radius 2 is 1.74 bits per heavy atom. The molecule has 3 heteroatoms. The lowest BCUT2D eigenvalue weighted by Crippen LogP contribution is -2.24.